The molecular weight excluding hydrogens is 292 g/mol. The van der Waals surface area contributed by atoms with Gasteiger partial charge in [0.1, 0.15) is 0 Å². The van der Waals surface area contributed by atoms with Gasteiger partial charge in [-0.1, -0.05) is 0 Å². The average molecular weight is 312 g/mol. The van der Waals surface area contributed by atoms with Crippen LogP contribution in [0.2, 0.25) is 0 Å². The van der Waals surface area contributed by atoms with Crippen molar-refractivity contribution in [3.63, 3.8) is 0 Å². The Morgan fingerprint density at radius 1 is 1.26 bits per heavy atom. The molecule has 2 fully saturated rings. The van der Waals surface area contributed by atoms with Gasteiger partial charge in [-0.25, -0.2) is 4.98 Å². The number of aromatic nitrogens is 3. The highest BCUT2D eigenvalue weighted by molar-refractivity contribution is 5.59. The summed E-state index contributed by atoms with van der Waals surface area (Å²) < 4.78 is 7.60. The maximum absolute atomic E-state index is 12.4. The molecule has 1 spiro atoms. The highest BCUT2D eigenvalue weighted by atomic mass is 16.5. The second-order valence-electron chi connectivity index (χ2n) is 6.38. The molecule has 2 aliphatic rings. The standard InChI is InChI=1S/C17H20N4O2/c1-20-15(22)11-14(13-3-7-18-8-4-13)19-16(20)21-9-10-23-17(12-21)5-2-6-17/h3-4,7-8,11H,2,5-6,9-10,12H2,1H3. The normalized spacial score (nSPS) is 19.6. The van der Waals surface area contributed by atoms with E-state index in [0.29, 0.717) is 12.3 Å². The van der Waals surface area contributed by atoms with Gasteiger partial charge in [0.2, 0.25) is 5.95 Å². The van der Waals surface area contributed by atoms with Gasteiger partial charge in [-0.05, 0) is 31.4 Å². The van der Waals surface area contributed by atoms with Gasteiger partial charge in [-0.3, -0.25) is 14.3 Å². The van der Waals surface area contributed by atoms with E-state index in [1.165, 1.54) is 6.42 Å². The molecule has 0 aromatic carbocycles. The van der Waals surface area contributed by atoms with Crippen molar-refractivity contribution < 1.29 is 4.74 Å². The van der Waals surface area contributed by atoms with E-state index in [0.717, 1.165) is 37.4 Å². The summed E-state index contributed by atoms with van der Waals surface area (Å²) in [6.07, 6.45) is 6.85. The molecule has 23 heavy (non-hydrogen) atoms. The Kier molecular flexibility index (Phi) is 3.41. The smallest absolute Gasteiger partial charge is 0.255 e. The van der Waals surface area contributed by atoms with E-state index >= 15 is 0 Å². The summed E-state index contributed by atoms with van der Waals surface area (Å²) in [5.41, 5.74) is 1.53. The Balaban J connectivity index is 1.73. The topological polar surface area (TPSA) is 60.2 Å². The Morgan fingerprint density at radius 2 is 2.04 bits per heavy atom. The molecule has 0 N–H and O–H groups in total. The molecule has 0 radical (unpaired) electrons. The van der Waals surface area contributed by atoms with Gasteiger partial charge in [-0.15, -0.1) is 0 Å². The number of ether oxygens (including phenoxy) is 1. The second-order valence-corrected chi connectivity index (χ2v) is 6.38. The number of nitrogens with zero attached hydrogens (tertiary/aromatic N) is 4. The molecule has 1 aliphatic carbocycles. The molecule has 1 aliphatic heterocycles. The third kappa shape index (κ3) is 2.53. The van der Waals surface area contributed by atoms with Crippen molar-refractivity contribution in [3.8, 4) is 11.3 Å². The van der Waals surface area contributed by atoms with Crippen molar-refractivity contribution in [1.82, 2.24) is 14.5 Å². The third-order valence-corrected chi connectivity index (χ3v) is 4.88. The first kappa shape index (κ1) is 14.4. The molecule has 2 aromatic rings. The molecule has 4 rings (SSSR count). The van der Waals surface area contributed by atoms with Gasteiger partial charge in [-0.2, -0.15) is 0 Å². The molecule has 0 unspecified atom stereocenters. The number of rotatable bonds is 2. The van der Waals surface area contributed by atoms with Crippen molar-refractivity contribution >= 4 is 5.95 Å². The Morgan fingerprint density at radius 3 is 2.74 bits per heavy atom. The van der Waals surface area contributed by atoms with E-state index in [9.17, 15) is 4.79 Å². The largest absolute Gasteiger partial charge is 0.371 e. The zero-order chi connectivity index (χ0) is 15.9. The predicted octanol–water partition coefficient (Wildman–Crippen LogP) is 1.60. The zero-order valence-corrected chi connectivity index (χ0v) is 13.2. The van der Waals surface area contributed by atoms with Crippen LogP contribution in [0.3, 0.4) is 0 Å². The van der Waals surface area contributed by atoms with Gasteiger partial charge in [0.25, 0.3) is 5.56 Å². The lowest BCUT2D eigenvalue weighted by molar-refractivity contribution is -0.107. The number of hydrogen-bond donors (Lipinski definition) is 0. The van der Waals surface area contributed by atoms with Gasteiger partial charge < -0.3 is 9.64 Å². The minimum atomic E-state index is -0.0454. The van der Waals surface area contributed by atoms with Crippen LogP contribution in [0.15, 0.2) is 35.4 Å². The van der Waals surface area contributed by atoms with Gasteiger partial charge in [0.05, 0.1) is 17.9 Å². The monoisotopic (exact) mass is 312 g/mol. The average Bonchev–Trinajstić information content (AvgIpc) is 2.56. The van der Waals surface area contributed by atoms with Crippen LogP contribution in [0.1, 0.15) is 19.3 Å². The first-order chi connectivity index (χ1) is 11.2. The van der Waals surface area contributed by atoms with Gasteiger partial charge in [0, 0.05) is 44.2 Å². The highest BCUT2D eigenvalue weighted by Gasteiger charge is 2.42. The lowest BCUT2D eigenvalue weighted by Crippen LogP contribution is -2.56. The van der Waals surface area contributed by atoms with Crippen LogP contribution in [0.5, 0.6) is 0 Å². The Labute approximate surface area is 134 Å². The van der Waals surface area contributed by atoms with Gasteiger partial charge >= 0.3 is 0 Å². The lowest BCUT2D eigenvalue weighted by Gasteiger charge is -2.48. The molecular formula is C17H20N4O2. The molecule has 0 bridgehead atoms. The van der Waals surface area contributed by atoms with Crippen molar-refractivity contribution in [2.45, 2.75) is 24.9 Å². The fourth-order valence-electron chi connectivity index (χ4n) is 3.37. The third-order valence-electron chi connectivity index (χ3n) is 4.88. The first-order valence-corrected chi connectivity index (χ1v) is 8.04. The summed E-state index contributed by atoms with van der Waals surface area (Å²) in [5, 5.41) is 0. The molecule has 3 heterocycles. The number of morpholine rings is 1. The van der Waals surface area contributed by atoms with E-state index in [4.69, 9.17) is 9.72 Å². The molecule has 0 atom stereocenters. The van der Waals surface area contributed by atoms with E-state index in [1.54, 1.807) is 30.1 Å². The number of hydrogen-bond acceptors (Lipinski definition) is 5. The van der Waals surface area contributed by atoms with Crippen LogP contribution in [0, 0.1) is 0 Å². The van der Waals surface area contributed by atoms with Crippen LogP contribution in [-0.4, -0.2) is 39.8 Å². The summed E-state index contributed by atoms with van der Waals surface area (Å²) >= 11 is 0. The predicted molar refractivity (Wildman–Crippen MR) is 87.5 cm³/mol. The van der Waals surface area contributed by atoms with Crippen LogP contribution >= 0.6 is 0 Å². The van der Waals surface area contributed by atoms with Crippen LogP contribution in [0.4, 0.5) is 5.95 Å². The minimum absolute atomic E-state index is 0.0251. The molecule has 120 valence electrons. The second kappa shape index (κ2) is 5.45. The summed E-state index contributed by atoms with van der Waals surface area (Å²) in [6, 6.07) is 5.33. The number of pyridine rings is 1. The lowest BCUT2D eigenvalue weighted by atomic mass is 9.79. The van der Waals surface area contributed by atoms with Gasteiger partial charge in [0.15, 0.2) is 0 Å². The Bertz CT molecular complexity index is 768. The fourth-order valence-corrected chi connectivity index (χ4v) is 3.37. The summed E-state index contributed by atoms with van der Waals surface area (Å²) in [5.74, 6) is 0.721. The maximum atomic E-state index is 12.4. The summed E-state index contributed by atoms with van der Waals surface area (Å²) in [4.78, 5) is 23.3. The van der Waals surface area contributed by atoms with E-state index in [1.807, 2.05) is 12.1 Å². The quantitative estimate of drug-likeness (QED) is 0.843. The van der Waals surface area contributed by atoms with E-state index in [2.05, 4.69) is 9.88 Å². The van der Waals surface area contributed by atoms with Crippen molar-refractivity contribution in [3.05, 3.63) is 40.9 Å². The first-order valence-electron chi connectivity index (χ1n) is 8.04. The van der Waals surface area contributed by atoms with Crippen molar-refractivity contribution in [1.29, 1.82) is 0 Å². The molecule has 1 saturated heterocycles. The molecule has 6 heteroatoms. The van der Waals surface area contributed by atoms with E-state index < -0.39 is 0 Å². The summed E-state index contributed by atoms with van der Waals surface area (Å²) in [7, 11) is 1.78. The Hall–Kier alpha value is -2.21. The fraction of sp³-hybridized carbons (Fsp3) is 0.471. The van der Waals surface area contributed by atoms with Crippen LogP contribution in [0.25, 0.3) is 11.3 Å². The minimum Gasteiger partial charge on any atom is -0.371 e. The van der Waals surface area contributed by atoms with Crippen LogP contribution < -0.4 is 10.5 Å². The molecule has 0 amide bonds. The summed E-state index contributed by atoms with van der Waals surface area (Å²) in [6.45, 7) is 2.27. The highest BCUT2D eigenvalue weighted by Crippen LogP contribution is 2.38. The van der Waals surface area contributed by atoms with Crippen molar-refractivity contribution in [2.75, 3.05) is 24.6 Å². The van der Waals surface area contributed by atoms with Crippen LogP contribution in [-0.2, 0) is 11.8 Å². The van der Waals surface area contributed by atoms with E-state index in [-0.39, 0.29) is 11.2 Å². The molecule has 2 aromatic heterocycles. The van der Waals surface area contributed by atoms with Crippen molar-refractivity contribution in [2.24, 2.45) is 7.05 Å². The zero-order valence-electron chi connectivity index (χ0n) is 13.2. The maximum Gasteiger partial charge on any atom is 0.255 e. The molecule has 1 saturated carbocycles. The molecule has 6 nitrogen and oxygen atoms in total. The SMILES string of the molecule is Cn1c(N2CCOC3(CCC3)C2)nc(-c2ccncc2)cc1=O. The number of anilines is 1.